The number of hydrogen-bond acceptors (Lipinski definition) is 6. The number of fused-ring (bicyclic) bond motifs is 8. The van der Waals surface area contributed by atoms with Gasteiger partial charge in [0.15, 0.2) is 5.75 Å². The first-order chi connectivity index (χ1) is 14.5. The minimum Gasteiger partial charge on any atom is -0.439 e. The van der Waals surface area contributed by atoms with Crippen LogP contribution in [0.1, 0.15) is 16.7 Å². The summed E-state index contributed by atoms with van der Waals surface area (Å²) in [6, 6.07) is 13.4. The lowest BCUT2D eigenvalue weighted by Crippen LogP contribution is -2.48. The van der Waals surface area contributed by atoms with Gasteiger partial charge < -0.3 is 14.5 Å². The summed E-state index contributed by atoms with van der Waals surface area (Å²) in [5.41, 5.74) is -3.50. The van der Waals surface area contributed by atoms with Gasteiger partial charge in [0.05, 0.1) is 5.39 Å². The van der Waals surface area contributed by atoms with E-state index < -0.39 is 28.2 Å². The van der Waals surface area contributed by atoms with Crippen molar-refractivity contribution in [3.05, 3.63) is 96.5 Å². The highest BCUT2D eigenvalue weighted by molar-refractivity contribution is 6.13. The van der Waals surface area contributed by atoms with Gasteiger partial charge in [0.2, 0.25) is 11.8 Å². The van der Waals surface area contributed by atoms with E-state index in [1.807, 2.05) is 0 Å². The zero-order valence-electron chi connectivity index (χ0n) is 15.1. The van der Waals surface area contributed by atoms with E-state index in [4.69, 9.17) is 9.15 Å². The highest BCUT2D eigenvalue weighted by Crippen LogP contribution is 2.54. The Balaban J connectivity index is 1.90. The molecule has 6 rings (SSSR count). The molecule has 2 aromatic heterocycles. The maximum absolute atomic E-state index is 13.5. The summed E-state index contributed by atoms with van der Waals surface area (Å²) in [4.78, 5) is 56.1. The first kappa shape index (κ1) is 16.5. The lowest BCUT2D eigenvalue weighted by Gasteiger charge is -2.33. The molecule has 0 aliphatic carbocycles. The highest BCUT2D eigenvalue weighted by atomic mass is 16.5. The Morgan fingerprint density at radius 1 is 0.833 bits per heavy atom. The van der Waals surface area contributed by atoms with Gasteiger partial charge in [-0.25, -0.2) is 9.59 Å². The molecular weight excluding hydrogens is 390 g/mol. The molecule has 2 aliphatic rings. The van der Waals surface area contributed by atoms with Gasteiger partial charge in [-0.2, -0.15) is 0 Å². The Kier molecular flexibility index (Phi) is 2.95. The van der Waals surface area contributed by atoms with Crippen molar-refractivity contribution in [2.24, 2.45) is 0 Å². The number of para-hydroxylation sites is 2. The third-order valence-corrected chi connectivity index (χ3v) is 5.55. The molecule has 1 atom stereocenters. The Morgan fingerprint density at radius 2 is 1.60 bits per heavy atom. The van der Waals surface area contributed by atoms with Gasteiger partial charge in [-0.1, -0.05) is 30.3 Å². The number of benzene rings is 2. The van der Waals surface area contributed by atoms with Gasteiger partial charge in [0.25, 0.3) is 5.56 Å². The molecule has 30 heavy (non-hydrogen) atoms. The van der Waals surface area contributed by atoms with Crippen LogP contribution in [0.2, 0.25) is 0 Å². The molecule has 0 saturated heterocycles. The fraction of sp³-hybridized carbons (Fsp3) is 0.0476. The zero-order chi connectivity index (χ0) is 20.6. The average Bonchev–Trinajstić information content (AvgIpc) is 3.00. The summed E-state index contributed by atoms with van der Waals surface area (Å²) < 4.78 is 11.4. The second-order valence-corrected chi connectivity index (χ2v) is 7.05. The first-order valence-electron chi connectivity index (χ1n) is 9.04. The molecule has 9 nitrogen and oxygen atoms in total. The lowest BCUT2D eigenvalue weighted by atomic mass is 9.69. The van der Waals surface area contributed by atoms with Crippen LogP contribution in [0.3, 0.4) is 0 Å². The molecule has 0 radical (unpaired) electrons. The van der Waals surface area contributed by atoms with Gasteiger partial charge in [-0.3, -0.25) is 19.6 Å². The van der Waals surface area contributed by atoms with Gasteiger partial charge in [-0.15, -0.1) is 0 Å². The topological polar surface area (TPSA) is 134 Å². The normalized spacial score (nSPS) is 18.5. The van der Waals surface area contributed by atoms with E-state index in [0.29, 0.717) is 16.6 Å². The van der Waals surface area contributed by atoms with Gasteiger partial charge in [-0.05, 0) is 18.2 Å². The smallest absolute Gasteiger partial charge is 0.345 e. The van der Waals surface area contributed by atoms with E-state index in [0.717, 1.165) is 0 Å². The minimum atomic E-state index is -1.85. The fourth-order valence-electron chi connectivity index (χ4n) is 4.41. The number of H-pyrrole nitrogens is 2. The summed E-state index contributed by atoms with van der Waals surface area (Å²) in [6.07, 6.45) is 0. The molecule has 2 aliphatic heterocycles. The van der Waals surface area contributed by atoms with Crippen molar-refractivity contribution >= 4 is 22.6 Å². The molecule has 2 aromatic carbocycles. The van der Waals surface area contributed by atoms with Crippen LogP contribution in [0.5, 0.6) is 11.6 Å². The molecular formula is C21H11N3O6. The summed E-state index contributed by atoms with van der Waals surface area (Å²) in [7, 11) is 0. The summed E-state index contributed by atoms with van der Waals surface area (Å²) in [6.45, 7) is 0. The maximum Gasteiger partial charge on any atom is 0.345 e. The standard InChI is InChI=1S/C21H11N3O6/c25-16-14-17(24-20(28)23-16)30-15-9-5-1-4-8-12(9)29-18(26)13(15)21(14)10-6-2-3-7-11(10)22-19(21)27/h1-8H,(H,22,27)(H2,23,24,25,28). The van der Waals surface area contributed by atoms with Crippen LogP contribution in [0.15, 0.2) is 67.3 Å². The van der Waals surface area contributed by atoms with Crippen LogP contribution < -0.4 is 26.9 Å². The number of hydrogen-bond donors (Lipinski definition) is 3. The van der Waals surface area contributed by atoms with E-state index in [2.05, 4.69) is 15.3 Å². The summed E-state index contributed by atoms with van der Waals surface area (Å²) in [5, 5.41) is 3.16. The van der Waals surface area contributed by atoms with Crippen molar-refractivity contribution in [2.75, 3.05) is 5.32 Å². The molecule has 146 valence electrons. The van der Waals surface area contributed by atoms with Crippen LogP contribution in [0.4, 0.5) is 5.69 Å². The second-order valence-electron chi connectivity index (χ2n) is 7.05. The lowest BCUT2D eigenvalue weighted by molar-refractivity contribution is -0.118. The monoisotopic (exact) mass is 401 g/mol. The second kappa shape index (κ2) is 5.35. The molecule has 0 saturated carbocycles. The van der Waals surface area contributed by atoms with E-state index in [1.54, 1.807) is 48.5 Å². The maximum atomic E-state index is 13.5. The number of ether oxygens (including phenoxy) is 1. The summed E-state index contributed by atoms with van der Waals surface area (Å²) in [5.74, 6) is -0.754. The van der Waals surface area contributed by atoms with E-state index >= 15 is 0 Å². The Morgan fingerprint density at radius 3 is 2.47 bits per heavy atom. The number of amides is 1. The number of aromatic nitrogens is 2. The Bertz CT molecular complexity index is 1600. The number of anilines is 1. The van der Waals surface area contributed by atoms with E-state index in [-0.39, 0.29) is 28.3 Å². The quantitative estimate of drug-likeness (QED) is 0.383. The predicted octanol–water partition coefficient (Wildman–Crippen LogP) is 1.56. The third kappa shape index (κ3) is 1.81. The Labute approximate surface area is 165 Å². The van der Waals surface area contributed by atoms with Gasteiger partial charge in [0.1, 0.15) is 22.1 Å². The van der Waals surface area contributed by atoms with Crippen molar-refractivity contribution in [2.45, 2.75) is 5.41 Å². The zero-order valence-corrected chi connectivity index (χ0v) is 15.1. The largest absolute Gasteiger partial charge is 0.439 e. The molecule has 9 heteroatoms. The molecule has 0 fully saturated rings. The first-order valence-corrected chi connectivity index (χ1v) is 9.04. The number of carbonyl (C=O) groups is 1. The number of aromatic amines is 2. The van der Waals surface area contributed by atoms with Crippen LogP contribution >= 0.6 is 0 Å². The van der Waals surface area contributed by atoms with Crippen molar-refractivity contribution in [3.63, 3.8) is 0 Å². The van der Waals surface area contributed by atoms with Crippen molar-refractivity contribution < 1.29 is 13.9 Å². The third-order valence-electron chi connectivity index (χ3n) is 5.55. The SMILES string of the molecule is O=C1Nc2ccccc2C12c1c([nH]c(=O)[nH]c1=O)Oc1c2c(=O)oc2ccccc12. The molecule has 1 amide bonds. The summed E-state index contributed by atoms with van der Waals surface area (Å²) >= 11 is 0. The van der Waals surface area contributed by atoms with E-state index in [1.165, 1.54) is 0 Å². The fourth-order valence-corrected chi connectivity index (χ4v) is 4.41. The van der Waals surface area contributed by atoms with Crippen LogP contribution in [-0.4, -0.2) is 15.9 Å². The molecule has 0 bridgehead atoms. The van der Waals surface area contributed by atoms with Crippen molar-refractivity contribution in [1.82, 2.24) is 9.97 Å². The van der Waals surface area contributed by atoms with Crippen LogP contribution in [-0.2, 0) is 10.2 Å². The van der Waals surface area contributed by atoms with Crippen LogP contribution in [0, 0.1) is 0 Å². The van der Waals surface area contributed by atoms with Crippen molar-refractivity contribution in [1.29, 1.82) is 0 Å². The number of rotatable bonds is 0. The van der Waals surface area contributed by atoms with Crippen LogP contribution in [0.25, 0.3) is 11.0 Å². The number of carbonyl (C=O) groups excluding carboxylic acids is 1. The molecule has 4 heterocycles. The highest BCUT2D eigenvalue weighted by Gasteiger charge is 2.59. The van der Waals surface area contributed by atoms with Gasteiger partial charge >= 0.3 is 11.3 Å². The van der Waals surface area contributed by atoms with Crippen molar-refractivity contribution in [3.8, 4) is 11.6 Å². The molecule has 1 spiro atoms. The van der Waals surface area contributed by atoms with Gasteiger partial charge in [0, 0.05) is 11.3 Å². The predicted molar refractivity (Wildman–Crippen MR) is 105 cm³/mol. The molecule has 4 aromatic rings. The average molecular weight is 401 g/mol. The minimum absolute atomic E-state index is 0.0578. The molecule has 3 N–H and O–H groups in total. The van der Waals surface area contributed by atoms with E-state index in [9.17, 15) is 19.2 Å². The number of nitrogens with one attached hydrogen (secondary N) is 3. The Hall–Kier alpha value is -4.40. The molecule has 1 unspecified atom stereocenters.